The zero-order valence-corrected chi connectivity index (χ0v) is 22.2. The van der Waals surface area contributed by atoms with Crippen molar-refractivity contribution >= 4 is 75.1 Å². The van der Waals surface area contributed by atoms with Gasteiger partial charge < -0.3 is 5.32 Å². The zero-order valence-electron chi connectivity index (χ0n) is 19.0. The number of nitrogens with zero attached hydrogens (tertiary/aromatic N) is 2. The molecule has 186 valence electrons. The molecule has 2 unspecified atom stereocenters. The van der Waals surface area contributed by atoms with E-state index in [1.54, 1.807) is 48.5 Å². The molecule has 1 saturated heterocycles. The van der Waals surface area contributed by atoms with Crippen LogP contribution in [0.5, 0.6) is 0 Å². The van der Waals surface area contributed by atoms with Crippen LogP contribution in [0, 0.1) is 5.92 Å². The second-order valence-corrected chi connectivity index (χ2v) is 12.1. The van der Waals surface area contributed by atoms with Gasteiger partial charge in [-0.05, 0) is 47.8 Å². The molecular weight excluding hydrogens is 550 g/mol. The number of halogens is 1. The Bertz CT molecular complexity index is 1560. The number of imide groups is 1. The van der Waals surface area contributed by atoms with Gasteiger partial charge in [-0.1, -0.05) is 59.0 Å². The van der Waals surface area contributed by atoms with Gasteiger partial charge in [-0.2, -0.15) is 0 Å². The summed E-state index contributed by atoms with van der Waals surface area (Å²) >= 11 is 9.65. The molecule has 0 bridgehead atoms. The van der Waals surface area contributed by atoms with Crippen molar-refractivity contribution in [2.75, 3.05) is 10.2 Å². The standard InChI is InChI=1S/C26H18ClN3O4S3/c27-14-8-10-15(11-9-14)28-18(31)13-29-25-22(37-26(29)34)19(17-7-4-12-35-17)20-21(36-25)24(33)30(23(20)32)16-5-2-1-3-6-16/h1-12,19-21H,13H2,(H,28,31)/t19-,20?,21?/m1/s1. The van der Waals surface area contributed by atoms with Crippen molar-refractivity contribution in [3.05, 3.63) is 96.6 Å². The molecule has 3 amide bonds. The second kappa shape index (κ2) is 9.60. The topological polar surface area (TPSA) is 88.5 Å². The van der Waals surface area contributed by atoms with Gasteiger partial charge >= 0.3 is 4.87 Å². The number of para-hydroxylation sites is 1. The molecule has 0 aliphatic carbocycles. The van der Waals surface area contributed by atoms with Crippen LogP contribution >= 0.6 is 46.0 Å². The lowest BCUT2D eigenvalue weighted by atomic mass is 9.87. The van der Waals surface area contributed by atoms with Gasteiger partial charge in [-0.25, -0.2) is 4.90 Å². The molecule has 4 heterocycles. The number of amides is 3. The number of anilines is 2. The smallest absolute Gasteiger partial charge is 0.308 e. The summed E-state index contributed by atoms with van der Waals surface area (Å²) in [7, 11) is 0. The Morgan fingerprint density at radius 1 is 0.946 bits per heavy atom. The van der Waals surface area contributed by atoms with Gasteiger partial charge in [0, 0.05) is 26.4 Å². The van der Waals surface area contributed by atoms with Gasteiger partial charge in [-0.15, -0.1) is 11.3 Å². The number of hydrogen-bond acceptors (Lipinski definition) is 7. The summed E-state index contributed by atoms with van der Waals surface area (Å²) in [5.74, 6) is -2.04. The number of fused-ring (bicyclic) bond motifs is 2. The van der Waals surface area contributed by atoms with Crippen molar-refractivity contribution in [3.8, 4) is 0 Å². The maximum Gasteiger partial charge on any atom is 0.308 e. The van der Waals surface area contributed by atoms with Crippen molar-refractivity contribution in [2.24, 2.45) is 5.92 Å². The van der Waals surface area contributed by atoms with Crippen LogP contribution in [-0.4, -0.2) is 27.5 Å². The minimum atomic E-state index is -0.702. The fourth-order valence-corrected chi connectivity index (χ4v) is 8.59. The molecule has 2 aromatic carbocycles. The minimum Gasteiger partial charge on any atom is -0.325 e. The van der Waals surface area contributed by atoms with Gasteiger partial charge in [0.05, 0.1) is 16.6 Å². The second-order valence-electron chi connectivity index (χ2n) is 8.58. The Balaban J connectivity index is 1.38. The largest absolute Gasteiger partial charge is 0.325 e. The number of hydrogen-bond donors (Lipinski definition) is 1. The molecule has 2 aliphatic rings. The first-order valence-corrected chi connectivity index (χ1v) is 14.3. The van der Waals surface area contributed by atoms with E-state index in [2.05, 4.69) is 5.32 Å². The Morgan fingerprint density at radius 2 is 1.70 bits per heavy atom. The average molecular weight is 568 g/mol. The van der Waals surface area contributed by atoms with Crippen LogP contribution in [0.1, 0.15) is 15.7 Å². The third kappa shape index (κ3) is 4.23. The predicted octanol–water partition coefficient (Wildman–Crippen LogP) is 5.06. The number of rotatable bonds is 5. The predicted molar refractivity (Wildman–Crippen MR) is 147 cm³/mol. The molecule has 6 rings (SSSR count). The van der Waals surface area contributed by atoms with E-state index < -0.39 is 17.1 Å². The first-order valence-electron chi connectivity index (χ1n) is 11.3. The highest BCUT2D eigenvalue weighted by Crippen LogP contribution is 2.54. The SMILES string of the molecule is O=C(Cn1c2c(sc1=O)[C@H](c1cccs1)C1C(=O)N(c3ccccc3)C(=O)C1S2)Nc1ccc(Cl)cc1. The van der Waals surface area contributed by atoms with Crippen molar-refractivity contribution in [2.45, 2.75) is 22.7 Å². The number of aromatic nitrogens is 1. The normalized spacial score (nSPS) is 20.6. The van der Waals surface area contributed by atoms with Crippen LogP contribution in [0.4, 0.5) is 11.4 Å². The molecule has 1 N–H and O–H groups in total. The Hall–Kier alpha value is -3.18. The van der Waals surface area contributed by atoms with E-state index >= 15 is 0 Å². The molecule has 2 aliphatic heterocycles. The molecule has 3 atom stereocenters. The first-order chi connectivity index (χ1) is 17.9. The van der Waals surface area contributed by atoms with Gasteiger partial charge in [0.25, 0.3) is 0 Å². The molecule has 0 spiro atoms. The highest BCUT2D eigenvalue weighted by molar-refractivity contribution is 8.00. The number of thiophene rings is 1. The number of carbonyl (C=O) groups is 3. The van der Waals surface area contributed by atoms with Gasteiger partial charge in [0.1, 0.15) is 11.8 Å². The van der Waals surface area contributed by atoms with Crippen LogP contribution in [0.15, 0.2) is 81.9 Å². The van der Waals surface area contributed by atoms with Crippen molar-refractivity contribution in [1.29, 1.82) is 0 Å². The van der Waals surface area contributed by atoms with E-state index in [4.69, 9.17) is 11.6 Å². The lowest BCUT2D eigenvalue weighted by Crippen LogP contribution is -2.32. The molecule has 11 heteroatoms. The maximum absolute atomic E-state index is 13.7. The monoisotopic (exact) mass is 567 g/mol. The summed E-state index contributed by atoms with van der Waals surface area (Å²) in [6, 6.07) is 19.4. The Kier molecular flexibility index (Phi) is 6.28. The fraction of sp³-hybridized carbons (Fsp3) is 0.154. The lowest BCUT2D eigenvalue weighted by Gasteiger charge is -2.29. The number of thiazole rings is 1. The van der Waals surface area contributed by atoms with Gasteiger partial charge in [0.15, 0.2) is 0 Å². The van der Waals surface area contributed by atoms with Gasteiger partial charge in [-0.3, -0.25) is 23.7 Å². The highest BCUT2D eigenvalue weighted by atomic mass is 35.5. The quantitative estimate of drug-likeness (QED) is 0.341. The minimum absolute atomic E-state index is 0.209. The lowest BCUT2D eigenvalue weighted by molar-refractivity contribution is -0.122. The number of nitrogens with one attached hydrogen (secondary N) is 1. The van der Waals surface area contributed by atoms with E-state index in [1.165, 1.54) is 32.6 Å². The molecule has 0 saturated carbocycles. The van der Waals surface area contributed by atoms with Gasteiger partial charge in [0.2, 0.25) is 17.7 Å². The number of thioether (sulfide) groups is 1. The summed E-state index contributed by atoms with van der Waals surface area (Å²) in [6.07, 6.45) is 0. The molecule has 4 aromatic rings. The van der Waals surface area contributed by atoms with Crippen molar-refractivity contribution in [3.63, 3.8) is 0 Å². The van der Waals surface area contributed by atoms with Crippen LogP contribution < -0.4 is 15.1 Å². The number of carbonyl (C=O) groups excluding carboxylic acids is 3. The van der Waals surface area contributed by atoms with E-state index in [9.17, 15) is 19.2 Å². The highest BCUT2D eigenvalue weighted by Gasteiger charge is 2.57. The fourth-order valence-electron chi connectivity index (χ4n) is 4.74. The van der Waals surface area contributed by atoms with Crippen molar-refractivity contribution < 1.29 is 14.4 Å². The van der Waals surface area contributed by atoms with E-state index in [0.717, 1.165) is 16.2 Å². The van der Waals surface area contributed by atoms with E-state index in [0.29, 0.717) is 26.3 Å². The first kappa shape index (κ1) is 24.2. The van der Waals surface area contributed by atoms with Crippen LogP contribution in [0.3, 0.4) is 0 Å². The Morgan fingerprint density at radius 3 is 2.41 bits per heavy atom. The van der Waals surface area contributed by atoms with Crippen LogP contribution in [-0.2, 0) is 20.9 Å². The molecule has 7 nitrogen and oxygen atoms in total. The summed E-state index contributed by atoms with van der Waals surface area (Å²) in [4.78, 5) is 55.9. The molecule has 1 fully saturated rings. The third-order valence-corrected chi connectivity index (χ3v) is 10.2. The molecule has 37 heavy (non-hydrogen) atoms. The molecule has 2 aromatic heterocycles. The van der Waals surface area contributed by atoms with E-state index in [1.807, 2.05) is 23.6 Å². The van der Waals surface area contributed by atoms with Crippen molar-refractivity contribution in [1.82, 2.24) is 4.57 Å². The summed E-state index contributed by atoms with van der Waals surface area (Å²) in [5.41, 5.74) is 1.09. The van der Waals surface area contributed by atoms with E-state index in [-0.39, 0.29) is 29.1 Å². The van der Waals surface area contributed by atoms with Crippen LogP contribution in [0.2, 0.25) is 5.02 Å². The number of benzene rings is 2. The van der Waals surface area contributed by atoms with Crippen LogP contribution in [0.25, 0.3) is 0 Å². The molecular formula is C26H18ClN3O4S3. The maximum atomic E-state index is 13.7. The summed E-state index contributed by atoms with van der Waals surface area (Å²) in [5, 5.41) is 5.11. The molecule has 0 radical (unpaired) electrons. The third-order valence-electron chi connectivity index (χ3n) is 6.34. The Labute approximate surface area is 228 Å². The average Bonchev–Trinajstić information content (AvgIpc) is 3.59. The summed E-state index contributed by atoms with van der Waals surface area (Å²) in [6.45, 7) is -0.209. The zero-order chi connectivity index (χ0) is 25.7. The summed E-state index contributed by atoms with van der Waals surface area (Å²) < 4.78 is 1.41.